The van der Waals surface area contributed by atoms with Gasteiger partial charge in [-0.05, 0) is 13.8 Å². The van der Waals surface area contributed by atoms with E-state index < -0.39 is 10.6 Å². The minimum atomic E-state index is -2.56. The van der Waals surface area contributed by atoms with Crippen LogP contribution in [0.3, 0.4) is 0 Å². The maximum atomic E-state index is 9.29. The number of nitrogens with zero attached hydrogens (tertiary/aromatic N) is 1. The quantitative estimate of drug-likeness (QED) is 0.720. The Morgan fingerprint density at radius 3 is 2.09 bits per heavy atom. The second-order valence-corrected chi connectivity index (χ2v) is 5.98. The fourth-order valence-corrected chi connectivity index (χ4v) is 3.11. The van der Waals surface area contributed by atoms with Crippen LogP contribution < -0.4 is 0 Å². The van der Waals surface area contributed by atoms with Crippen LogP contribution in [-0.2, 0) is 0 Å². The molecule has 0 saturated carbocycles. The van der Waals surface area contributed by atoms with Gasteiger partial charge in [0.15, 0.2) is 0 Å². The van der Waals surface area contributed by atoms with Crippen LogP contribution in [0.5, 0.6) is 0 Å². The van der Waals surface area contributed by atoms with Gasteiger partial charge >= 0.3 is 0 Å². The largest absolute Gasteiger partial charge is 0.294 e. The van der Waals surface area contributed by atoms with Gasteiger partial charge in [0, 0.05) is 6.26 Å². The molecule has 1 heterocycles. The van der Waals surface area contributed by atoms with E-state index in [0.29, 0.717) is 4.21 Å². The Morgan fingerprint density at radius 2 is 1.91 bits per heavy atom. The second kappa shape index (κ2) is 2.75. The lowest BCUT2D eigenvalue weighted by atomic mass is 10.6. The molecule has 0 aliphatic carbocycles. The lowest BCUT2D eigenvalue weighted by Crippen LogP contribution is -1.93. The monoisotopic (exact) mass is 193 g/mol. The predicted molar refractivity (Wildman–Crippen MR) is 48.6 cm³/mol. The molecular weight excluding hydrogens is 182 g/mol. The minimum Gasteiger partial charge on any atom is -0.294 e. The number of aromatic nitrogens is 1. The number of thiazole rings is 1. The maximum absolute atomic E-state index is 9.29. The van der Waals surface area contributed by atoms with E-state index in [1.54, 1.807) is 6.92 Å². The summed E-state index contributed by atoms with van der Waals surface area (Å²) in [6.45, 7) is 3.64. The summed E-state index contributed by atoms with van der Waals surface area (Å²) in [6, 6.07) is 0. The summed E-state index contributed by atoms with van der Waals surface area (Å²) in [5.74, 6) is 0. The van der Waals surface area contributed by atoms with Crippen molar-refractivity contribution in [2.75, 3.05) is 6.26 Å². The summed E-state index contributed by atoms with van der Waals surface area (Å²) in [5, 5.41) is 0.874. The maximum Gasteiger partial charge on any atom is 0.133 e. The highest BCUT2D eigenvalue weighted by atomic mass is 32.3. The zero-order valence-electron chi connectivity index (χ0n) is 6.66. The molecule has 0 atom stereocenters. The Balaban J connectivity index is 3.13. The number of rotatable bonds is 1. The Labute approximate surface area is 71.5 Å². The number of hydrogen-bond donors (Lipinski definition) is 2. The molecule has 0 saturated heterocycles. The molecule has 64 valence electrons. The van der Waals surface area contributed by atoms with E-state index in [1.165, 1.54) is 17.6 Å². The standard InChI is InChI=1S/C6H11NO2S2/c1-4-6(11(3,8)9)10-5(2)7-4/h8-9H,1-3H3. The van der Waals surface area contributed by atoms with Crippen LogP contribution in [0.2, 0.25) is 0 Å². The van der Waals surface area contributed by atoms with Crippen molar-refractivity contribution in [3.8, 4) is 0 Å². The predicted octanol–water partition coefficient (Wildman–Crippen LogP) is 2.50. The van der Waals surface area contributed by atoms with Gasteiger partial charge in [-0.1, -0.05) is 0 Å². The first-order chi connectivity index (χ1) is 4.91. The van der Waals surface area contributed by atoms with Crippen LogP contribution >= 0.6 is 21.9 Å². The number of aryl methyl sites for hydroxylation is 2. The zero-order chi connectivity index (χ0) is 8.65. The molecule has 2 N–H and O–H groups in total. The minimum absolute atomic E-state index is 0.606. The van der Waals surface area contributed by atoms with E-state index in [-0.39, 0.29) is 0 Å². The summed E-state index contributed by atoms with van der Waals surface area (Å²) >= 11 is 1.35. The van der Waals surface area contributed by atoms with Crippen LogP contribution in [-0.4, -0.2) is 20.3 Å². The molecule has 0 spiro atoms. The molecule has 1 aromatic rings. The summed E-state index contributed by atoms with van der Waals surface area (Å²) in [4.78, 5) is 4.10. The molecule has 0 aromatic carbocycles. The molecule has 0 aliphatic heterocycles. The summed E-state index contributed by atoms with van der Waals surface area (Å²) < 4.78 is 19.2. The van der Waals surface area contributed by atoms with Crippen molar-refractivity contribution >= 4 is 21.9 Å². The highest BCUT2D eigenvalue weighted by Crippen LogP contribution is 2.48. The molecule has 0 unspecified atom stereocenters. The number of hydrogen-bond acceptors (Lipinski definition) is 4. The summed E-state index contributed by atoms with van der Waals surface area (Å²) in [5.41, 5.74) is 0.731. The SMILES string of the molecule is Cc1nc(C)c(S(C)(O)O)s1. The van der Waals surface area contributed by atoms with Crippen molar-refractivity contribution in [1.82, 2.24) is 4.98 Å². The summed E-state index contributed by atoms with van der Waals surface area (Å²) in [6.07, 6.45) is 1.42. The van der Waals surface area contributed by atoms with Crippen molar-refractivity contribution in [3.05, 3.63) is 10.7 Å². The average Bonchev–Trinajstić information content (AvgIpc) is 2.08. The third kappa shape index (κ3) is 1.93. The van der Waals surface area contributed by atoms with E-state index in [0.717, 1.165) is 10.7 Å². The molecule has 1 rings (SSSR count). The zero-order valence-corrected chi connectivity index (χ0v) is 8.29. The van der Waals surface area contributed by atoms with Crippen LogP contribution in [0.25, 0.3) is 0 Å². The molecule has 0 fully saturated rings. The smallest absolute Gasteiger partial charge is 0.133 e. The molecule has 0 aliphatic rings. The first kappa shape index (κ1) is 8.99. The van der Waals surface area contributed by atoms with Gasteiger partial charge in [-0.15, -0.1) is 11.3 Å². The second-order valence-electron chi connectivity index (χ2n) is 2.44. The van der Waals surface area contributed by atoms with Gasteiger partial charge in [0.2, 0.25) is 0 Å². The summed E-state index contributed by atoms with van der Waals surface area (Å²) in [7, 11) is -2.56. The molecule has 0 bridgehead atoms. The molecule has 5 heteroatoms. The van der Waals surface area contributed by atoms with Crippen molar-refractivity contribution in [2.45, 2.75) is 18.1 Å². The van der Waals surface area contributed by atoms with Gasteiger partial charge in [-0.3, -0.25) is 9.11 Å². The van der Waals surface area contributed by atoms with E-state index in [9.17, 15) is 9.11 Å². The third-order valence-corrected chi connectivity index (χ3v) is 4.27. The molecule has 3 nitrogen and oxygen atoms in total. The molecular formula is C6H11NO2S2. The van der Waals surface area contributed by atoms with Crippen molar-refractivity contribution in [1.29, 1.82) is 0 Å². The fraction of sp³-hybridized carbons (Fsp3) is 0.500. The van der Waals surface area contributed by atoms with Gasteiger partial charge in [-0.2, -0.15) is 10.6 Å². The van der Waals surface area contributed by atoms with Gasteiger partial charge in [0.05, 0.1) is 10.7 Å². The van der Waals surface area contributed by atoms with Gasteiger partial charge in [0.25, 0.3) is 0 Å². The van der Waals surface area contributed by atoms with E-state index in [2.05, 4.69) is 4.98 Å². The highest BCUT2D eigenvalue weighted by molar-refractivity contribution is 8.25. The van der Waals surface area contributed by atoms with Gasteiger partial charge in [0.1, 0.15) is 4.21 Å². The van der Waals surface area contributed by atoms with E-state index in [1.807, 2.05) is 6.92 Å². The average molecular weight is 193 g/mol. The topological polar surface area (TPSA) is 53.4 Å². The van der Waals surface area contributed by atoms with Crippen molar-refractivity contribution in [2.24, 2.45) is 0 Å². The van der Waals surface area contributed by atoms with E-state index >= 15 is 0 Å². The normalized spacial score (nSPS) is 13.5. The first-order valence-electron chi connectivity index (χ1n) is 3.08. The molecule has 0 radical (unpaired) electrons. The lowest BCUT2D eigenvalue weighted by Gasteiger charge is -2.24. The van der Waals surface area contributed by atoms with Gasteiger partial charge < -0.3 is 0 Å². The van der Waals surface area contributed by atoms with Gasteiger partial charge in [-0.25, -0.2) is 4.98 Å². The Kier molecular flexibility index (Phi) is 2.24. The molecule has 0 amide bonds. The fourth-order valence-electron chi connectivity index (χ4n) is 0.871. The Hall–Kier alpha value is -0.100. The van der Waals surface area contributed by atoms with Crippen LogP contribution in [0.1, 0.15) is 10.7 Å². The van der Waals surface area contributed by atoms with Crippen molar-refractivity contribution < 1.29 is 9.11 Å². The van der Waals surface area contributed by atoms with Crippen LogP contribution in [0.4, 0.5) is 0 Å². The third-order valence-electron chi connectivity index (χ3n) is 1.21. The lowest BCUT2D eigenvalue weighted by molar-refractivity contribution is 0.497. The van der Waals surface area contributed by atoms with E-state index in [4.69, 9.17) is 0 Å². The van der Waals surface area contributed by atoms with Crippen molar-refractivity contribution in [3.63, 3.8) is 0 Å². The Morgan fingerprint density at radius 1 is 1.36 bits per heavy atom. The van der Waals surface area contributed by atoms with Crippen LogP contribution in [0.15, 0.2) is 4.21 Å². The highest BCUT2D eigenvalue weighted by Gasteiger charge is 2.15. The van der Waals surface area contributed by atoms with Crippen LogP contribution in [0, 0.1) is 13.8 Å². The Bertz CT molecular complexity index is 264. The molecule has 11 heavy (non-hydrogen) atoms. The first-order valence-corrected chi connectivity index (χ1v) is 5.85. The molecule has 1 aromatic heterocycles.